The molecule has 58 valence electrons. The van der Waals surface area contributed by atoms with Gasteiger partial charge in [-0.25, -0.2) is 0 Å². The molecule has 0 amide bonds. The minimum Gasteiger partial charge on any atom is -0.367 e. The number of hydrogen-bond acceptors (Lipinski definition) is 2. The summed E-state index contributed by atoms with van der Waals surface area (Å²) in [5.74, 6) is 0.468. The average molecular weight is 150 g/mol. The molecule has 1 aliphatic heterocycles. The van der Waals surface area contributed by atoms with E-state index in [4.69, 9.17) is 0 Å². The van der Waals surface area contributed by atoms with Crippen LogP contribution in [0, 0.1) is 5.92 Å². The Morgan fingerprint density at radius 2 is 2.36 bits per heavy atom. The summed E-state index contributed by atoms with van der Waals surface area (Å²) in [5.41, 5.74) is 0.802. The molecule has 3 heteroatoms. The lowest BCUT2D eigenvalue weighted by Gasteiger charge is -2.24. The zero-order valence-electron chi connectivity index (χ0n) is 6.13. The molecule has 1 aliphatic rings. The van der Waals surface area contributed by atoms with Crippen LogP contribution < -0.4 is 5.32 Å². The van der Waals surface area contributed by atoms with E-state index in [0.717, 1.165) is 18.7 Å². The summed E-state index contributed by atoms with van der Waals surface area (Å²) < 4.78 is 0. The topological polar surface area (TPSA) is 44.9 Å². The Kier molecular flexibility index (Phi) is 1.51. The summed E-state index contributed by atoms with van der Waals surface area (Å²) in [6.07, 6.45) is 3.53. The van der Waals surface area contributed by atoms with Crippen LogP contribution in [0.2, 0.25) is 0 Å². The van der Waals surface area contributed by atoms with Crippen LogP contribution in [0.25, 0.3) is 0 Å². The molecule has 2 N–H and O–H groups in total. The van der Waals surface area contributed by atoms with Crippen molar-refractivity contribution in [3.05, 3.63) is 24.0 Å². The summed E-state index contributed by atoms with van der Waals surface area (Å²) in [4.78, 5) is 14.3. The van der Waals surface area contributed by atoms with Crippen LogP contribution in [0.1, 0.15) is 10.4 Å². The monoisotopic (exact) mass is 150 g/mol. The number of carbonyl (C=O) groups is 1. The first-order valence-electron chi connectivity index (χ1n) is 3.75. The fraction of sp³-hybridized carbons (Fsp3) is 0.375. The molecule has 0 aromatic carbocycles. The van der Waals surface area contributed by atoms with Crippen molar-refractivity contribution in [2.75, 3.05) is 13.1 Å². The van der Waals surface area contributed by atoms with Gasteiger partial charge in [-0.3, -0.25) is 4.79 Å². The minimum absolute atomic E-state index is 0.214. The molecular weight excluding hydrogens is 140 g/mol. The highest BCUT2D eigenvalue weighted by Gasteiger charge is 2.25. The molecular formula is C8H10N2O. The van der Waals surface area contributed by atoms with Gasteiger partial charge in [-0.15, -0.1) is 0 Å². The molecule has 0 saturated carbocycles. The van der Waals surface area contributed by atoms with E-state index in [-0.39, 0.29) is 11.7 Å². The minimum atomic E-state index is 0.214. The summed E-state index contributed by atoms with van der Waals surface area (Å²) in [6, 6.07) is 1.82. The normalized spacial score (nSPS) is 17.8. The van der Waals surface area contributed by atoms with E-state index in [2.05, 4.69) is 10.3 Å². The Bertz CT molecular complexity index is 249. The number of aromatic nitrogens is 1. The van der Waals surface area contributed by atoms with E-state index in [9.17, 15) is 4.79 Å². The van der Waals surface area contributed by atoms with Gasteiger partial charge in [0, 0.05) is 37.0 Å². The zero-order chi connectivity index (χ0) is 7.68. The SMILES string of the molecule is O=C(c1cc[nH]c1)C1CNC1. The number of hydrogen-bond donors (Lipinski definition) is 2. The van der Waals surface area contributed by atoms with Crippen molar-refractivity contribution in [3.8, 4) is 0 Å². The molecule has 0 spiro atoms. The first-order chi connectivity index (χ1) is 5.38. The highest BCUT2D eigenvalue weighted by Crippen LogP contribution is 2.11. The Morgan fingerprint density at radius 1 is 1.55 bits per heavy atom. The molecule has 0 bridgehead atoms. The first-order valence-corrected chi connectivity index (χ1v) is 3.75. The first kappa shape index (κ1) is 6.61. The number of rotatable bonds is 2. The number of Topliss-reactive ketones (excluding diaryl/α,β-unsaturated/α-hetero) is 1. The molecule has 1 fully saturated rings. The summed E-state index contributed by atoms with van der Waals surface area (Å²) in [5, 5.41) is 3.07. The second kappa shape index (κ2) is 2.51. The summed E-state index contributed by atoms with van der Waals surface area (Å²) >= 11 is 0. The van der Waals surface area contributed by atoms with Crippen molar-refractivity contribution in [3.63, 3.8) is 0 Å². The highest BCUT2D eigenvalue weighted by atomic mass is 16.1. The van der Waals surface area contributed by atoms with Crippen LogP contribution in [0.5, 0.6) is 0 Å². The third-order valence-corrected chi connectivity index (χ3v) is 2.03. The highest BCUT2D eigenvalue weighted by molar-refractivity contribution is 5.98. The van der Waals surface area contributed by atoms with E-state index in [1.807, 2.05) is 6.07 Å². The van der Waals surface area contributed by atoms with Gasteiger partial charge < -0.3 is 10.3 Å². The van der Waals surface area contributed by atoms with E-state index in [1.54, 1.807) is 12.4 Å². The van der Waals surface area contributed by atoms with E-state index in [1.165, 1.54) is 0 Å². The van der Waals surface area contributed by atoms with Crippen molar-refractivity contribution in [1.82, 2.24) is 10.3 Å². The van der Waals surface area contributed by atoms with Crippen molar-refractivity contribution in [2.45, 2.75) is 0 Å². The fourth-order valence-electron chi connectivity index (χ4n) is 1.19. The summed E-state index contributed by atoms with van der Waals surface area (Å²) in [6.45, 7) is 1.67. The molecule has 0 atom stereocenters. The van der Waals surface area contributed by atoms with Crippen molar-refractivity contribution in [2.24, 2.45) is 5.92 Å². The van der Waals surface area contributed by atoms with Gasteiger partial charge >= 0.3 is 0 Å². The second-order valence-corrected chi connectivity index (χ2v) is 2.82. The Morgan fingerprint density at radius 3 is 2.82 bits per heavy atom. The van der Waals surface area contributed by atoms with Crippen LogP contribution in [0.4, 0.5) is 0 Å². The Balaban J connectivity index is 2.10. The quantitative estimate of drug-likeness (QED) is 0.600. The number of carbonyl (C=O) groups excluding carboxylic acids is 1. The molecule has 1 saturated heterocycles. The number of H-pyrrole nitrogens is 1. The van der Waals surface area contributed by atoms with Crippen LogP contribution in [0.15, 0.2) is 18.5 Å². The molecule has 0 aliphatic carbocycles. The number of nitrogens with one attached hydrogen (secondary N) is 2. The van der Waals surface area contributed by atoms with Crippen molar-refractivity contribution >= 4 is 5.78 Å². The molecule has 1 aromatic heterocycles. The van der Waals surface area contributed by atoms with Crippen molar-refractivity contribution in [1.29, 1.82) is 0 Å². The predicted octanol–water partition coefficient (Wildman–Crippen LogP) is 0.417. The van der Waals surface area contributed by atoms with Crippen LogP contribution in [-0.2, 0) is 0 Å². The largest absolute Gasteiger partial charge is 0.367 e. The second-order valence-electron chi connectivity index (χ2n) is 2.82. The molecule has 0 unspecified atom stereocenters. The maximum Gasteiger partial charge on any atom is 0.170 e. The van der Waals surface area contributed by atoms with Gasteiger partial charge in [-0.05, 0) is 6.07 Å². The molecule has 2 heterocycles. The number of aromatic amines is 1. The van der Waals surface area contributed by atoms with E-state index < -0.39 is 0 Å². The maximum atomic E-state index is 11.4. The van der Waals surface area contributed by atoms with Gasteiger partial charge in [-0.2, -0.15) is 0 Å². The average Bonchev–Trinajstić information content (AvgIpc) is 2.32. The van der Waals surface area contributed by atoms with E-state index in [0.29, 0.717) is 0 Å². The van der Waals surface area contributed by atoms with Crippen LogP contribution >= 0.6 is 0 Å². The maximum absolute atomic E-state index is 11.4. The van der Waals surface area contributed by atoms with Gasteiger partial charge in [0.1, 0.15) is 0 Å². The van der Waals surface area contributed by atoms with Crippen LogP contribution in [0.3, 0.4) is 0 Å². The lowest BCUT2D eigenvalue weighted by Crippen LogP contribution is -2.46. The van der Waals surface area contributed by atoms with Gasteiger partial charge in [0.25, 0.3) is 0 Å². The van der Waals surface area contributed by atoms with Gasteiger partial charge in [-0.1, -0.05) is 0 Å². The molecule has 3 nitrogen and oxygen atoms in total. The third-order valence-electron chi connectivity index (χ3n) is 2.03. The van der Waals surface area contributed by atoms with E-state index >= 15 is 0 Å². The van der Waals surface area contributed by atoms with Gasteiger partial charge in [0.15, 0.2) is 5.78 Å². The van der Waals surface area contributed by atoms with Gasteiger partial charge in [0.2, 0.25) is 0 Å². The Hall–Kier alpha value is -1.09. The fourth-order valence-corrected chi connectivity index (χ4v) is 1.19. The zero-order valence-corrected chi connectivity index (χ0v) is 6.13. The van der Waals surface area contributed by atoms with Crippen molar-refractivity contribution < 1.29 is 4.79 Å². The Labute approximate surface area is 64.8 Å². The standard InChI is InChI=1S/C8H10N2O/c11-8(7-4-10-5-7)6-1-2-9-3-6/h1-3,7,9-10H,4-5H2. The number of ketones is 1. The molecule has 11 heavy (non-hydrogen) atoms. The smallest absolute Gasteiger partial charge is 0.170 e. The van der Waals surface area contributed by atoms with Gasteiger partial charge in [0.05, 0.1) is 0 Å². The summed E-state index contributed by atoms with van der Waals surface area (Å²) in [7, 11) is 0. The lowest BCUT2D eigenvalue weighted by molar-refractivity contribution is 0.0878. The molecule has 2 rings (SSSR count). The third kappa shape index (κ3) is 1.07. The molecule has 1 aromatic rings. The predicted molar refractivity (Wildman–Crippen MR) is 41.5 cm³/mol. The molecule has 0 radical (unpaired) electrons. The van der Waals surface area contributed by atoms with Crippen LogP contribution in [-0.4, -0.2) is 23.9 Å². The lowest BCUT2D eigenvalue weighted by atomic mass is 9.94.